The zero-order valence-electron chi connectivity index (χ0n) is 27.0. The van der Waals surface area contributed by atoms with E-state index in [4.69, 9.17) is 24.2 Å². The predicted molar refractivity (Wildman–Crippen MR) is 174 cm³/mol. The molecule has 6 rings (SSSR count). The molecule has 1 aliphatic heterocycles. The number of halogens is 1. The number of aliphatic hydroxyl groups is 1. The van der Waals surface area contributed by atoms with E-state index < -0.39 is 26.5 Å². The Hall–Kier alpha value is -4.70. The third kappa shape index (κ3) is 6.22. The van der Waals surface area contributed by atoms with Crippen molar-refractivity contribution in [3.05, 3.63) is 59.4 Å². The Bertz CT molecular complexity index is 2070. The topological polar surface area (TPSA) is 158 Å². The Morgan fingerprint density at radius 3 is 2.55 bits per heavy atom. The normalized spacial score (nSPS) is 16.5. The van der Waals surface area contributed by atoms with Crippen LogP contribution in [-0.2, 0) is 22.9 Å². The molecule has 0 spiro atoms. The van der Waals surface area contributed by atoms with E-state index in [9.17, 15) is 17.9 Å². The Morgan fingerprint density at radius 2 is 1.85 bits per heavy atom. The van der Waals surface area contributed by atoms with E-state index in [1.165, 1.54) is 23.8 Å². The second-order valence-corrected chi connectivity index (χ2v) is 14.4. The molecular formula is C31H37FN8O6S. The maximum absolute atomic E-state index is 15.0. The Balaban J connectivity index is 1.41. The summed E-state index contributed by atoms with van der Waals surface area (Å²) in [4.78, 5) is 11.3. The van der Waals surface area contributed by atoms with E-state index in [2.05, 4.69) is 15.5 Å². The number of rotatable bonds is 10. The van der Waals surface area contributed by atoms with Crippen molar-refractivity contribution < 1.29 is 32.1 Å². The summed E-state index contributed by atoms with van der Waals surface area (Å²) in [7, 11) is 0.825. The minimum absolute atomic E-state index is 0.00265. The first-order valence-corrected chi connectivity index (χ1v) is 16.6. The van der Waals surface area contributed by atoms with E-state index >= 15 is 0 Å². The van der Waals surface area contributed by atoms with Crippen LogP contribution in [0.1, 0.15) is 36.2 Å². The molecule has 2 aromatic carbocycles. The number of anilines is 2. The third-order valence-electron chi connectivity index (χ3n) is 8.20. The van der Waals surface area contributed by atoms with Gasteiger partial charge in [0.25, 0.3) is 0 Å². The molecule has 3 aromatic heterocycles. The summed E-state index contributed by atoms with van der Waals surface area (Å²) in [6.07, 6.45) is 1.68. The van der Waals surface area contributed by atoms with Crippen LogP contribution in [0.5, 0.6) is 17.2 Å². The fourth-order valence-corrected chi connectivity index (χ4v) is 7.31. The molecule has 0 amide bonds. The molecule has 1 unspecified atom stereocenters. The van der Waals surface area contributed by atoms with E-state index in [-0.39, 0.29) is 55.1 Å². The summed E-state index contributed by atoms with van der Waals surface area (Å²) in [6.45, 7) is 6.15. The van der Waals surface area contributed by atoms with E-state index in [1.54, 1.807) is 51.1 Å². The maximum atomic E-state index is 15.0. The summed E-state index contributed by atoms with van der Waals surface area (Å²) in [5.74, 6) is 0.797. The molecule has 1 saturated heterocycles. The number of nitrogens with zero attached hydrogens (tertiary/aromatic N) is 7. The van der Waals surface area contributed by atoms with Gasteiger partial charge in [0.2, 0.25) is 5.95 Å². The van der Waals surface area contributed by atoms with Gasteiger partial charge in [0, 0.05) is 42.7 Å². The summed E-state index contributed by atoms with van der Waals surface area (Å²) in [5, 5.41) is 21.9. The van der Waals surface area contributed by atoms with Crippen LogP contribution in [0.2, 0.25) is 0 Å². The highest BCUT2D eigenvalue weighted by Crippen LogP contribution is 2.34. The van der Waals surface area contributed by atoms with Crippen LogP contribution in [-0.4, -0.2) is 88.7 Å². The average Bonchev–Trinajstić information content (AvgIpc) is 3.63. The standard InChI is InChI=1S/C31H37FN8O6S/c1-18-24(15-34-39(18)17-31(2,3)41)38-9-10-47(42,43)27(16-38)28-36-29-21-12-22(32)26(46-6)13-23(21)35-30(40(29)37-28)33-14-19-7-8-20(44-4)11-25(19)45-5/h7-8,11-13,15,27,41H,9-10,14,16-17H2,1-6H3,(H,33,35). The van der Waals surface area contributed by atoms with Gasteiger partial charge in [0.05, 0.1) is 62.3 Å². The molecule has 16 heteroatoms. The van der Waals surface area contributed by atoms with E-state index in [0.29, 0.717) is 22.4 Å². The predicted octanol–water partition coefficient (Wildman–Crippen LogP) is 3.31. The molecule has 14 nitrogen and oxygen atoms in total. The highest BCUT2D eigenvalue weighted by atomic mass is 32.2. The number of sulfone groups is 1. The third-order valence-corrected chi connectivity index (χ3v) is 10.2. The van der Waals surface area contributed by atoms with Gasteiger partial charge in [-0.2, -0.15) is 9.61 Å². The van der Waals surface area contributed by atoms with Gasteiger partial charge in [-0.15, -0.1) is 5.10 Å². The molecule has 0 radical (unpaired) electrons. The van der Waals surface area contributed by atoms with Crippen molar-refractivity contribution >= 4 is 38.0 Å². The number of methoxy groups -OCH3 is 3. The minimum Gasteiger partial charge on any atom is -0.497 e. The molecule has 0 aliphatic carbocycles. The molecule has 0 bridgehead atoms. The number of nitrogens with one attached hydrogen (secondary N) is 1. The Morgan fingerprint density at radius 1 is 1.09 bits per heavy atom. The SMILES string of the molecule is COc1ccc(CNc2nc3cc(OC)c(F)cc3c3nc(C4CN(c5cnn(CC(C)(C)O)c5C)CCS4(=O)=O)nn23)c(OC)c1. The molecule has 2 N–H and O–H groups in total. The van der Waals surface area contributed by atoms with Crippen LogP contribution in [0.4, 0.5) is 16.0 Å². The van der Waals surface area contributed by atoms with Gasteiger partial charge in [-0.05, 0) is 39.0 Å². The smallest absolute Gasteiger partial charge is 0.226 e. The van der Waals surface area contributed by atoms with Gasteiger partial charge in [0.15, 0.2) is 32.9 Å². The number of hydrogen-bond donors (Lipinski definition) is 2. The molecule has 4 heterocycles. The Labute approximate surface area is 271 Å². The summed E-state index contributed by atoms with van der Waals surface area (Å²) >= 11 is 0. The summed E-state index contributed by atoms with van der Waals surface area (Å²) in [6, 6.07) is 8.14. The lowest BCUT2D eigenvalue weighted by Gasteiger charge is -2.32. The lowest BCUT2D eigenvalue weighted by molar-refractivity contribution is 0.0571. The van der Waals surface area contributed by atoms with E-state index in [0.717, 1.165) is 16.9 Å². The fourth-order valence-electron chi connectivity index (χ4n) is 5.72. The fraction of sp³-hybridized carbons (Fsp3) is 0.419. The molecule has 250 valence electrons. The van der Waals surface area contributed by atoms with E-state index in [1.807, 2.05) is 17.9 Å². The van der Waals surface area contributed by atoms with Gasteiger partial charge in [-0.3, -0.25) is 4.68 Å². The average molecular weight is 669 g/mol. The molecule has 5 aromatic rings. The second kappa shape index (κ2) is 12.2. The minimum atomic E-state index is -3.67. The molecule has 1 atom stereocenters. The number of fused-ring (bicyclic) bond motifs is 3. The zero-order valence-corrected chi connectivity index (χ0v) is 27.8. The van der Waals surface area contributed by atoms with Crippen molar-refractivity contribution in [2.75, 3.05) is 50.4 Å². The van der Waals surface area contributed by atoms with Crippen LogP contribution in [0.3, 0.4) is 0 Å². The maximum Gasteiger partial charge on any atom is 0.226 e. The lowest BCUT2D eigenvalue weighted by atomic mass is 10.1. The number of hydrogen-bond acceptors (Lipinski definition) is 12. The Kier molecular flexibility index (Phi) is 8.34. The van der Waals surface area contributed by atoms with Crippen LogP contribution in [0.25, 0.3) is 16.6 Å². The first-order chi connectivity index (χ1) is 22.3. The van der Waals surface area contributed by atoms with Gasteiger partial charge in [0.1, 0.15) is 16.7 Å². The zero-order chi connectivity index (χ0) is 33.7. The largest absolute Gasteiger partial charge is 0.497 e. The highest BCUT2D eigenvalue weighted by molar-refractivity contribution is 7.91. The summed E-state index contributed by atoms with van der Waals surface area (Å²) < 4.78 is 61.2. The number of benzene rings is 2. The second-order valence-electron chi connectivity index (χ2n) is 12.1. The van der Waals surface area contributed by atoms with Gasteiger partial charge >= 0.3 is 0 Å². The van der Waals surface area contributed by atoms with Gasteiger partial charge in [-0.25, -0.2) is 22.8 Å². The quantitative estimate of drug-likeness (QED) is 0.224. The first kappa shape index (κ1) is 32.2. The highest BCUT2D eigenvalue weighted by Gasteiger charge is 2.38. The van der Waals surface area contributed by atoms with Gasteiger partial charge in [-0.1, -0.05) is 0 Å². The van der Waals surface area contributed by atoms with Crippen molar-refractivity contribution in [1.82, 2.24) is 29.4 Å². The number of ether oxygens (including phenoxy) is 3. The number of aromatic nitrogens is 6. The van der Waals surface area contributed by atoms with Crippen molar-refractivity contribution in [1.29, 1.82) is 0 Å². The van der Waals surface area contributed by atoms with Crippen LogP contribution in [0.15, 0.2) is 36.5 Å². The van der Waals surface area contributed by atoms with Gasteiger partial charge < -0.3 is 29.5 Å². The van der Waals surface area contributed by atoms with Crippen molar-refractivity contribution in [3.63, 3.8) is 0 Å². The van der Waals surface area contributed by atoms with Crippen molar-refractivity contribution in [3.8, 4) is 17.2 Å². The molecule has 0 saturated carbocycles. The summed E-state index contributed by atoms with van der Waals surface area (Å²) in [5.41, 5.74) is 1.99. The molecule has 47 heavy (non-hydrogen) atoms. The van der Waals surface area contributed by atoms with Crippen molar-refractivity contribution in [2.24, 2.45) is 0 Å². The van der Waals surface area contributed by atoms with Crippen LogP contribution >= 0.6 is 0 Å². The first-order valence-electron chi connectivity index (χ1n) is 14.9. The molecular weight excluding hydrogens is 631 g/mol. The lowest BCUT2D eigenvalue weighted by Crippen LogP contribution is -2.43. The monoisotopic (exact) mass is 668 g/mol. The van der Waals surface area contributed by atoms with Crippen LogP contribution < -0.4 is 24.4 Å². The molecule has 1 fully saturated rings. The van der Waals surface area contributed by atoms with Crippen LogP contribution in [0, 0.1) is 12.7 Å². The van der Waals surface area contributed by atoms with Crippen molar-refractivity contribution in [2.45, 2.75) is 44.7 Å². The molecule has 1 aliphatic rings.